The number of amides is 1. The minimum Gasteiger partial charge on any atom is -0.376 e. The number of carbonyl (C=O) groups is 1. The number of halogens is 5. The van der Waals surface area contributed by atoms with Crippen molar-refractivity contribution in [2.24, 2.45) is 10.7 Å². The number of hydrogen-bond acceptors (Lipinski definition) is 3. The van der Waals surface area contributed by atoms with Gasteiger partial charge in [0.25, 0.3) is 5.91 Å². The highest BCUT2D eigenvalue weighted by atomic mass is 35.5. The lowest BCUT2D eigenvalue weighted by molar-refractivity contribution is -0.138. The number of anilines is 1. The maximum absolute atomic E-state index is 14.3. The van der Waals surface area contributed by atoms with E-state index in [1.165, 1.54) is 6.21 Å². The molecule has 1 atom stereocenters. The smallest absolute Gasteiger partial charge is 0.376 e. The number of carbonyl (C=O) groups excluding carboxylic acids is 1. The average Bonchev–Trinajstić information content (AvgIpc) is 3.13. The van der Waals surface area contributed by atoms with Crippen LogP contribution in [-0.2, 0) is 0 Å². The van der Waals surface area contributed by atoms with E-state index >= 15 is 0 Å². The standard InChI is InChI=1S/C20H22ClF4N3O/c21-14-11-13(17(26)29)15(22)12-16(14)28-19(5-2-1-3-6-19)18(7-4-10-27-18)8-9-20(23,24)25/h4,7,10-12,28H,1-3,5-6,8-9H2,(H2,26,29). The molecule has 0 bridgehead atoms. The third-order valence-corrected chi connectivity index (χ3v) is 6.10. The predicted octanol–water partition coefficient (Wildman–Crippen LogP) is 5.41. The number of aliphatic imine (C=N–C) groups is 1. The van der Waals surface area contributed by atoms with E-state index in [0.717, 1.165) is 31.4 Å². The molecule has 1 saturated carbocycles. The van der Waals surface area contributed by atoms with Gasteiger partial charge in [0.2, 0.25) is 0 Å². The van der Waals surface area contributed by atoms with Gasteiger partial charge in [-0.15, -0.1) is 0 Å². The molecule has 1 aliphatic heterocycles. The van der Waals surface area contributed by atoms with Gasteiger partial charge in [-0.3, -0.25) is 9.79 Å². The van der Waals surface area contributed by atoms with Crippen LogP contribution in [0.5, 0.6) is 0 Å². The van der Waals surface area contributed by atoms with Gasteiger partial charge in [0.1, 0.15) is 11.4 Å². The Balaban J connectivity index is 2.01. The third kappa shape index (κ3) is 4.42. The number of benzene rings is 1. The molecule has 3 rings (SSSR count). The molecule has 158 valence electrons. The van der Waals surface area contributed by atoms with E-state index in [1.807, 2.05) is 0 Å². The second kappa shape index (κ2) is 7.97. The van der Waals surface area contributed by atoms with Crippen molar-refractivity contribution in [3.63, 3.8) is 0 Å². The molecule has 29 heavy (non-hydrogen) atoms. The fourth-order valence-corrected chi connectivity index (χ4v) is 4.55. The van der Waals surface area contributed by atoms with Crippen LogP contribution in [0, 0.1) is 5.82 Å². The summed E-state index contributed by atoms with van der Waals surface area (Å²) >= 11 is 6.26. The molecule has 0 saturated heterocycles. The van der Waals surface area contributed by atoms with Crippen LogP contribution in [0.1, 0.15) is 55.3 Å². The van der Waals surface area contributed by atoms with Crippen molar-refractivity contribution in [1.29, 1.82) is 0 Å². The van der Waals surface area contributed by atoms with Crippen LogP contribution >= 0.6 is 11.6 Å². The zero-order chi connectivity index (χ0) is 21.3. The Hall–Kier alpha value is -2.09. The largest absolute Gasteiger partial charge is 0.389 e. The van der Waals surface area contributed by atoms with Gasteiger partial charge in [0.05, 0.1) is 21.8 Å². The minimum absolute atomic E-state index is 0.0714. The van der Waals surface area contributed by atoms with Crippen LogP contribution in [0.4, 0.5) is 23.2 Å². The van der Waals surface area contributed by atoms with E-state index in [-0.39, 0.29) is 22.7 Å². The van der Waals surface area contributed by atoms with Crippen molar-refractivity contribution in [2.75, 3.05) is 5.32 Å². The van der Waals surface area contributed by atoms with Gasteiger partial charge >= 0.3 is 6.18 Å². The fraction of sp³-hybridized carbons (Fsp3) is 0.500. The summed E-state index contributed by atoms with van der Waals surface area (Å²) in [5.41, 5.74) is 3.04. The van der Waals surface area contributed by atoms with Crippen molar-refractivity contribution in [3.8, 4) is 0 Å². The van der Waals surface area contributed by atoms with E-state index in [9.17, 15) is 22.4 Å². The lowest BCUT2D eigenvalue weighted by Crippen LogP contribution is -2.58. The third-order valence-electron chi connectivity index (χ3n) is 5.78. The summed E-state index contributed by atoms with van der Waals surface area (Å²) in [4.78, 5) is 15.8. The normalized spacial score (nSPS) is 23.3. The summed E-state index contributed by atoms with van der Waals surface area (Å²) in [5.74, 6) is -1.79. The Morgan fingerprint density at radius 2 is 1.93 bits per heavy atom. The number of rotatable bonds is 6. The van der Waals surface area contributed by atoms with Gasteiger partial charge < -0.3 is 11.1 Å². The first-order chi connectivity index (χ1) is 13.6. The molecular weight excluding hydrogens is 410 g/mol. The van der Waals surface area contributed by atoms with E-state index in [1.54, 1.807) is 12.2 Å². The van der Waals surface area contributed by atoms with Crippen molar-refractivity contribution in [2.45, 2.75) is 62.2 Å². The zero-order valence-electron chi connectivity index (χ0n) is 15.7. The second-order valence-corrected chi connectivity index (χ2v) is 8.03. The predicted molar refractivity (Wildman–Crippen MR) is 105 cm³/mol. The maximum atomic E-state index is 14.3. The van der Waals surface area contributed by atoms with Crippen LogP contribution in [0.15, 0.2) is 29.3 Å². The average molecular weight is 432 g/mol. The molecule has 1 aliphatic carbocycles. The van der Waals surface area contributed by atoms with Gasteiger partial charge in [-0.1, -0.05) is 36.9 Å². The molecule has 9 heteroatoms. The Bertz CT molecular complexity index is 833. The van der Waals surface area contributed by atoms with Crippen molar-refractivity contribution < 1.29 is 22.4 Å². The van der Waals surface area contributed by atoms with E-state index < -0.39 is 35.4 Å². The van der Waals surface area contributed by atoms with Gasteiger partial charge in [0.15, 0.2) is 0 Å². The van der Waals surface area contributed by atoms with E-state index in [2.05, 4.69) is 10.3 Å². The van der Waals surface area contributed by atoms with Crippen LogP contribution < -0.4 is 11.1 Å². The monoisotopic (exact) mass is 431 g/mol. The first-order valence-electron chi connectivity index (χ1n) is 9.44. The SMILES string of the molecule is NC(=O)c1cc(Cl)c(NC2(C3(CCC(F)(F)F)C=CC=N3)CCCCC2)cc1F. The highest BCUT2D eigenvalue weighted by Crippen LogP contribution is 2.48. The van der Waals surface area contributed by atoms with Crippen molar-refractivity contribution in [3.05, 3.63) is 40.7 Å². The summed E-state index contributed by atoms with van der Waals surface area (Å²) < 4.78 is 53.4. The van der Waals surface area contributed by atoms with Gasteiger partial charge in [0, 0.05) is 12.6 Å². The molecule has 1 aromatic rings. The number of alkyl halides is 3. The molecule has 4 nitrogen and oxygen atoms in total. The zero-order valence-corrected chi connectivity index (χ0v) is 16.4. The first-order valence-corrected chi connectivity index (χ1v) is 9.82. The molecule has 1 amide bonds. The highest BCUT2D eigenvalue weighted by Gasteiger charge is 2.52. The second-order valence-electron chi connectivity index (χ2n) is 7.62. The molecule has 1 unspecified atom stereocenters. The van der Waals surface area contributed by atoms with Crippen LogP contribution in [-0.4, -0.2) is 29.4 Å². The number of primary amides is 1. The fourth-order valence-electron chi connectivity index (χ4n) is 4.33. The summed E-state index contributed by atoms with van der Waals surface area (Å²) in [6.07, 6.45) is 2.98. The molecule has 1 fully saturated rings. The minimum atomic E-state index is -4.32. The van der Waals surface area contributed by atoms with E-state index in [0.29, 0.717) is 12.8 Å². The Kier molecular flexibility index (Phi) is 5.94. The highest BCUT2D eigenvalue weighted by molar-refractivity contribution is 6.33. The van der Waals surface area contributed by atoms with Crippen LogP contribution in [0.2, 0.25) is 5.02 Å². The van der Waals surface area contributed by atoms with E-state index in [4.69, 9.17) is 17.3 Å². The summed E-state index contributed by atoms with van der Waals surface area (Å²) in [6, 6.07) is 2.20. The Labute approximate surface area is 171 Å². The number of nitrogens with one attached hydrogen (secondary N) is 1. The van der Waals surface area contributed by atoms with Gasteiger partial charge in [-0.05, 0) is 37.5 Å². The molecule has 0 spiro atoms. The summed E-state index contributed by atoms with van der Waals surface area (Å²) in [7, 11) is 0. The Morgan fingerprint density at radius 3 is 2.48 bits per heavy atom. The maximum Gasteiger partial charge on any atom is 0.389 e. The number of allylic oxidation sites excluding steroid dienone is 1. The van der Waals surface area contributed by atoms with Crippen LogP contribution in [0.25, 0.3) is 0 Å². The quantitative estimate of drug-likeness (QED) is 0.591. The summed E-state index contributed by atoms with van der Waals surface area (Å²) in [5, 5.41) is 3.30. The van der Waals surface area contributed by atoms with Crippen molar-refractivity contribution in [1.82, 2.24) is 0 Å². The molecule has 1 heterocycles. The molecule has 2 aliphatic rings. The Morgan fingerprint density at radius 1 is 1.24 bits per heavy atom. The lowest BCUT2D eigenvalue weighted by atomic mass is 9.66. The molecule has 1 aromatic carbocycles. The van der Waals surface area contributed by atoms with Gasteiger partial charge in [-0.2, -0.15) is 13.2 Å². The molecule has 0 radical (unpaired) electrons. The topological polar surface area (TPSA) is 67.5 Å². The number of nitrogens with zero attached hydrogens (tertiary/aromatic N) is 1. The molecule has 3 N–H and O–H groups in total. The van der Waals surface area contributed by atoms with Gasteiger partial charge in [-0.25, -0.2) is 4.39 Å². The number of hydrogen-bond donors (Lipinski definition) is 2. The summed E-state index contributed by atoms with van der Waals surface area (Å²) in [6.45, 7) is 0. The van der Waals surface area contributed by atoms with Crippen molar-refractivity contribution >= 4 is 29.4 Å². The number of nitrogens with two attached hydrogens (primary N) is 1. The first kappa shape index (κ1) is 21.6. The molecular formula is C20H22ClF4N3O. The molecule has 0 aromatic heterocycles. The lowest BCUT2D eigenvalue weighted by Gasteiger charge is -2.50. The van der Waals surface area contributed by atoms with Crippen LogP contribution in [0.3, 0.4) is 0 Å².